The molecule has 1 aliphatic heterocycles. The number of ether oxygens (including phenoxy) is 1. The van der Waals surface area contributed by atoms with Crippen LogP contribution in [0.5, 0.6) is 11.5 Å². The molecule has 12 rings (SSSR count). The van der Waals surface area contributed by atoms with Crippen molar-refractivity contribution in [1.82, 2.24) is 0 Å². The zero-order valence-electron chi connectivity index (χ0n) is 33.1. The van der Waals surface area contributed by atoms with Crippen LogP contribution in [-0.4, -0.2) is 0 Å². The van der Waals surface area contributed by atoms with E-state index in [0.717, 1.165) is 106 Å². The summed E-state index contributed by atoms with van der Waals surface area (Å²) in [5.74, 6) is 1.73. The highest BCUT2D eigenvalue weighted by atomic mass is 16.5. The summed E-state index contributed by atoms with van der Waals surface area (Å²) in [7, 11) is 0. The molecular weight excluding hydrogens is 743 g/mol. The molecule has 286 valence electrons. The highest BCUT2D eigenvalue weighted by Crippen LogP contribution is 2.52. The fraction of sp³-hybridized carbons (Fsp3) is 0. The number of fused-ring (bicyclic) bond motifs is 10. The van der Waals surface area contributed by atoms with Gasteiger partial charge in [0, 0.05) is 55.5 Å². The van der Waals surface area contributed by atoms with Crippen molar-refractivity contribution in [2.45, 2.75) is 0 Å². The standard InChI is InChI=1S/C58H37NO2/c1-3-13-38(14-4-1)39-25-30-43(31-26-39)59(44-32-27-41(28-33-44)47-21-12-23-53-51-19-9-10-24-55(51)60-56(47)53)45-34-36-48-42(37-45)29-35-54-50-18-8-7-17-49(50)52-22-11-20-46(57(52)61-58(48)54)40-15-5-2-6-16-40/h1-37H. The lowest BCUT2D eigenvalue weighted by Crippen LogP contribution is -2.10. The van der Waals surface area contributed by atoms with E-state index in [9.17, 15) is 0 Å². The molecular formula is C58H37NO2. The predicted molar refractivity (Wildman–Crippen MR) is 253 cm³/mol. The molecule has 0 aliphatic carbocycles. The number of benzene rings is 10. The molecule has 0 saturated heterocycles. The van der Waals surface area contributed by atoms with Crippen LogP contribution in [0.3, 0.4) is 0 Å². The Kier molecular flexibility index (Phi) is 8.17. The Hall–Kier alpha value is -8.14. The Bertz CT molecular complexity index is 3420. The van der Waals surface area contributed by atoms with Gasteiger partial charge in [-0.15, -0.1) is 0 Å². The van der Waals surface area contributed by atoms with Crippen LogP contribution in [0.25, 0.3) is 88.3 Å². The van der Waals surface area contributed by atoms with Crippen molar-refractivity contribution in [3.05, 3.63) is 224 Å². The molecule has 2 heterocycles. The Morgan fingerprint density at radius 1 is 0.295 bits per heavy atom. The van der Waals surface area contributed by atoms with Crippen LogP contribution >= 0.6 is 0 Å². The summed E-state index contributed by atoms with van der Waals surface area (Å²) >= 11 is 0. The van der Waals surface area contributed by atoms with Gasteiger partial charge in [-0.25, -0.2) is 0 Å². The van der Waals surface area contributed by atoms with Gasteiger partial charge in [-0.05, 0) is 93.4 Å². The van der Waals surface area contributed by atoms with Gasteiger partial charge in [0.1, 0.15) is 22.7 Å². The third-order valence-corrected chi connectivity index (χ3v) is 12.1. The number of rotatable bonds is 6. The summed E-state index contributed by atoms with van der Waals surface area (Å²) in [4.78, 5) is 2.34. The van der Waals surface area contributed by atoms with Gasteiger partial charge in [-0.1, -0.05) is 170 Å². The number of furan rings is 1. The molecule has 0 unspecified atom stereocenters. The zero-order chi connectivity index (χ0) is 40.3. The van der Waals surface area contributed by atoms with Crippen LogP contribution in [0.4, 0.5) is 17.1 Å². The quantitative estimate of drug-likeness (QED) is 0.168. The summed E-state index contributed by atoms with van der Waals surface area (Å²) in [5.41, 5.74) is 16.2. The van der Waals surface area contributed by atoms with Gasteiger partial charge in [-0.3, -0.25) is 0 Å². The van der Waals surface area contributed by atoms with E-state index in [1.807, 2.05) is 12.1 Å². The van der Waals surface area contributed by atoms with E-state index < -0.39 is 0 Å². The lowest BCUT2D eigenvalue weighted by molar-refractivity contribution is 0.495. The monoisotopic (exact) mass is 779 g/mol. The second kappa shape index (κ2) is 14.3. The first-order chi connectivity index (χ1) is 30.2. The SMILES string of the molecule is c1ccc(-c2ccc(N(c3ccc(-c4cccc5c4oc4ccccc45)cc3)c3ccc4c5c(ccc4c3)-c3ccccc3-c3cccc(-c4ccccc4)c3O5)cc2)cc1. The Morgan fingerprint density at radius 2 is 0.820 bits per heavy atom. The van der Waals surface area contributed by atoms with Gasteiger partial charge in [0.05, 0.1) is 0 Å². The van der Waals surface area contributed by atoms with E-state index in [1.54, 1.807) is 0 Å². The molecule has 11 aromatic rings. The average Bonchev–Trinajstić information content (AvgIpc) is 3.65. The van der Waals surface area contributed by atoms with Gasteiger partial charge >= 0.3 is 0 Å². The molecule has 0 atom stereocenters. The summed E-state index contributed by atoms with van der Waals surface area (Å²) in [6, 6.07) is 79.7. The van der Waals surface area contributed by atoms with Crippen molar-refractivity contribution in [2.24, 2.45) is 0 Å². The number of para-hydroxylation sites is 3. The fourth-order valence-corrected chi connectivity index (χ4v) is 9.15. The zero-order valence-corrected chi connectivity index (χ0v) is 33.1. The smallest absolute Gasteiger partial charge is 0.143 e. The van der Waals surface area contributed by atoms with Crippen molar-refractivity contribution in [2.75, 3.05) is 4.90 Å². The van der Waals surface area contributed by atoms with Crippen LogP contribution in [-0.2, 0) is 0 Å². The molecule has 0 radical (unpaired) electrons. The molecule has 0 amide bonds. The van der Waals surface area contributed by atoms with Crippen molar-refractivity contribution in [3.63, 3.8) is 0 Å². The number of hydrogen-bond donors (Lipinski definition) is 0. The summed E-state index contributed by atoms with van der Waals surface area (Å²) in [6.07, 6.45) is 0. The Labute approximate surface area is 354 Å². The molecule has 0 fully saturated rings. The number of nitrogens with zero attached hydrogens (tertiary/aromatic N) is 1. The minimum atomic E-state index is 0.863. The lowest BCUT2D eigenvalue weighted by atomic mass is 9.91. The second-order valence-corrected chi connectivity index (χ2v) is 15.6. The Balaban J connectivity index is 0.995. The van der Waals surface area contributed by atoms with E-state index >= 15 is 0 Å². The number of anilines is 3. The van der Waals surface area contributed by atoms with E-state index in [4.69, 9.17) is 9.15 Å². The molecule has 3 heteroatoms. The van der Waals surface area contributed by atoms with Crippen LogP contribution in [0.1, 0.15) is 0 Å². The van der Waals surface area contributed by atoms with E-state index in [2.05, 4.69) is 217 Å². The van der Waals surface area contributed by atoms with Crippen molar-refractivity contribution in [1.29, 1.82) is 0 Å². The molecule has 1 aliphatic rings. The normalized spacial score (nSPS) is 11.7. The molecule has 61 heavy (non-hydrogen) atoms. The van der Waals surface area contributed by atoms with Gasteiger partial charge in [0.15, 0.2) is 0 Å². The average molecular weight is 780 g/mol. The van der Waals surface area contributed by atoms with Gasteiger partial charge < -0.3 is 14.1 Å². The molecule has 0 saturated carbocycles. The molecule has 0 N–H and O–H groups in total. The minimum absolute atomic E-state index is 0.863. The molecule has 10 aromatic carbocycles. The van der Waals surface area contributed by atoms with E-state index in [1.165, 1.54) is 11.1 Å². The van der Waals surface area contributed by atoms with Crippen LogP contribution in [0.2, 0.25) is 0 Å². The fourth-order valence-electron chi connectivity index (χ4n) is 9.15. The van der Waals surface area contributed by atoms with Crippen molar-refractivity contribution in [3.8, 4) is 67.1 Å². The minimum Gasteiger partial charge on any atom is -0.455 e. The van der Waals surface area contributed by atoms with Crippen LogP contribution in [0.15, 0.2) is 229 Å². The first-order valence-electron chi connectivity index (χ1n) is 20.7. The van der Waals surface area contributed by atoms with Crippen molar-refractivity contribution >= 4 is 49.8 Å². The second-order valence-electron chi connectivity index (χ2n) is 15.6. The topological polar surface area (TPSA) is 25.6 Å². The maximum Gasteiger partial charge on any atom is 0.143 e. The first kappa shape index (κ1) is 34.9. The first-order valence-corrected chi connectivity index (χ1v) is 20.7. The van der Waals surface area contributed by atoms with Gasteiger partial charge in [-0.2, -0.15) is 0 Å². The highest BCUT2D eigenvalue weighted by molar-refractivity contribution is 6.09. The van der Waals surface area contributed by atoms with Crippen LogP contribution < -0.4 is 9.64 Å². The Morgan fingerprint density at radius 3 is 1.57 bits per heavy atom. The van der Waals surface area contributed by atoms with Crippen molar-refractivity contribution < 1.29 is 9.15 Å². The van der Waals surface area contributed by atoms with Gasteiger partial charge in [0.2, 0.25) is 0 Å². The lowest BCUT2D eigenvalue weighted by Gasteiger charge is -2.26. The summed E-state index contributed by atoms with van der Waals surface area (Å²) < 4.78 is 13.6. The third-order valence-electron chi connectivity index (χ3n) is 12.1. The molecule has 0 spiro atoms. The number of hydrogen-bond acceptors (Lipinski definition) is 3. The maximum absolute atomic E-state index is 7.19. The highest BCUT2D eigenvalue weighted by Gasteiger charge is 2.25. The van der Waals surface area contributed by atoms with Crippen LogP contribution in [0, 0.1) is 0 Å². The molecule has 3 nitrogen and oxygen atoms in total. The molecule has 0 bridgehead atoms. The van der Waals surface area contributed by atoms with Gasteiger partial charge in [0.25, 0.3) is 0 Å². The summed E-state index contributed by atoms with van der Waals surface area (Å²) in [6.45, 7) is 0. The third kappa shape index (κ3) is 5.90. The predicted octanol–water partition coefficient (Wildman–Crippen LogP) is 16.6. The van der Waals surface area contributed by atoms with E-state index in [-0.39, 0.29) is 0 Å². The maximum atomic E-state index is 7.19. The molecule has 1 aromatic heterocycles. The largest absolute Gasteiger partial charge is 0.455 e. The summed E-state index contributed by atoms with van der Waals surface area (Å²) in [5, 5.41) is 4.40. The van der Waals surface area contributed by atoms with E-state index in [0.29, 0.717) is 0 Å².